The van der Waals surface area contributed by atoms with Gasteiger partial charge in [0.2, 0.25) is 5.78 Å². The Morgan fingerprint density at radius 1 is 0.968 bits per heavy atom. The van der Waals surface area contributed by atoms with Crippen molar-refractivity contribution in [1.82, 2.24) is 10.4 Å². The SMILES string of the molecule is C/C(=N/NC(=O)c1cc(Br)ccc1NC(=O)c1cccnc1)C(=O)c1cccc(C)c1. The van der Waals surface area contributed by atoms with E-state index in [1.165, 1.54) is 13.1 Å². The van der Waals surface area contributed by atoms with Crippen molar-refractivity contribution in [2.45, 2.75) is 13.8 Å². The Labute approximate surface area is 187 Å². The van der Waals surface area contributed by atoms with Crippen molar-refractivity contribution in [3.63, 3.8) is 0 Å². The van der Waals surface area contributed by atoms with Crippen LogP contribution < -0.4 is 10.7 Å². The molecule has 1 heterocycles. The molecule has 0 radical (unpaired) electrons. The largest absolute Gasteiger partial charge is 0.321 e. The van der Waals surface area contributed by atoms with Crippen LogP contribution in [0.2, 0.25) is 0 Å². The molecule has 0 aliphatic rings. The number of ketones is 1. The van der Waals surface area contributed by atoms with Crippen molar-refractivity contribution in [3.05, 3.63) is 93.7 Å². The van der Waals surface area contributed by atoms with Crippen LogP contribution in [0, 0.1) is 6.92 Å². The van der Waals surface area contributed by atoms with Gasteiger partial charge in [-0.3, -0.25) is 19.4 Å². The molecule has 31 heavy (non-hydrogen) atoms. The molecule has 2 aromatic carbocycles. The molecule has 3 rings (SSSR count). The predicted octanol–water partition coefficient (Wildman–Crippen LogP) is 4.39. The summed E-state index contributed by atoms with van der Waals surface area (Å²) in [5.74, 6) is -1.26. The van der Waals surface area contributed by atoms with Gasteiger partial charge < -0.3 is 5.32 Å². The van der Waals surface area contributed by atoms with Crippen molar-refractivity contribution in [1.29, 1.82) is 0 Å². The quantitative estimate of drug-likeness (QED) is 0.311. The summed E-state index contributed by atoms with van der Waals surface area (Å²) in [4.78, 5) is 41.6. The highest BCUT2D eigenvalue weighted by Crippen LogP contribution is 2.22. The lowest BCUT2D eigenvalue weighted by atomic mass is 10.1. The number of amides is 2. The molecule has 0 unspecified atom stereocenters. The number of carbonyl (C=O) groups excluding carboxylic acids is 3. The standard InChI is InChI=1S/C23H19BrN4O3/c1-14-5-3-6-16(11-14)21(29)15(2)27-28-23(31)19-12-18(24)8-9-20(19)26-22(30)17-7-4-10-25-13-17/h3-13H,1-2H3,(H,26,30)(H,28,31)/b27-15-. The first kappa shape index (κ1) is 22.0. The van der Waals surface area contributed by atoms with Gasteiger partial charge >= 0.3 is 0 Å². The van der Waals surface area contributed by atoms with Crippen LogP contribution in [-0.2, 0) is 0 Å². The Morgan fingerprint density at radius 2 is 1.74 bits per heavy atom. The third-order valence-electron chi connectivity index (χ3n) is 4.33. The second kappa shape index (κ2) is 9.90. The van der Waals surface area contributed by atoms with Gasteiger partial charge in [-0.15, -0.1) is 0 Å². The van der Waals surface area contributed by atoms with E-state index >= 15 is 0 Å². The van der Waals surface area contributed by atoms with Crippen molar-refractivity contribution >= 4 is 44.9 Å². The molecule has 2 amide bonds. The van der Waals surface area contributed by atoms with E-state index in [9.17, 15) is 14.4 Å². The minimum Gasteiger partial charge on any atom is -0.321 e. The number of aryl methyl sites for hydroxylation is 1. The second-order valence-electron chi connectivity index (χ2n) is 6.72. The van der Waals surface area contributed by atoms with E-state index < -0.39 is 11.8 Å². The van der Waals surface area contributed by atoms with Gasteiger partial charge in [-0.25, -0.2) is 5.43 Å². The van der Waals surface area contributed by atoms with Crippen molar-refractivity contribution in [2.75, 3.05) is 5.32 Å². The first-order valence-corrected chi connectivity index (χ1v) is 10.1. The molecule has 156 valence electrons. The lowest BCUT2D eigenvalue weighted by Gasteiger charge is -2.11. The first-order chi connectivity index (χ1) is 14.8. The molecular weight excluding hydrogens is 460 g/mol. The number of rotatable bonds is 6. The Morgan fingerprint density at radius 3 is 2.45 bits per heavy atom. The van der Waals surface area contributed by atoms with Crippen LogP contribution in [0.15, 0.2) is 76.6 Å². The molecule has 0 fully saturated rings. The van der Waals surface area contributed by atoms with Gasteiger partial charge in [0, 0.05) is 22.4 Å². The normalized spacial score (nSPS) is 11.0. The minimum atomic E-state index is -0.570. The van der Waals surface area contributed by atoms with Gasteiger partial charge in [0.05, 0.1) is 16.8 Å². The summed E-state index contributed by atoms with van der Waals surface area (Å²) in [6, 6.07) is 15.2. The van der Waals surface area contributed by atoms with E-state index in [0.717, 1.165) is 5.56 Å². The van der Waals surface area contributed by atoms with Crippen LogP contribution >= 0.6 is 15.9 Å². The average molecular weight is 479 g/mol. The van der Waals surface area contributed by atoms with Gasteiger partial charge in [0.1, 0.15) is 5.71 Å². The molecule has 1 aromatic heterocycles. The number of hydrogen-bond acceptors (Lipinski definition) is 5. The number of aromatic nitrogens is 1. The van der Waals surface area contributed by atoms with Crippen LogP contribution in [0.5, 0.6) is 0 Å². The second-order valence-corrected chi connectivity index (χ2v) is 7.64. The summed E-state index contributed by atoms with van der Waals surface area (Å²) in [6.07, 6.45) is 2.99. The number of benzene rings is 2. The van der Waals surface area contributed by atoms with Crippen LogP contribution in [0.3, 0.4) is 0 Å². The molecule has 0 aliphatic carbocycles. The fraction of sp³-hybridized carbons (Fsp3) is 0.0870. The molecule has 3 aromatic rings. The topological polar surface area (TPSA) is 101 Å². The van der Waals surface area contributed by atoms with E-state index in [-0.39, 0.29) is 17.1 Å². The number of carbonyl (C=O) groups is 3. The van der Waals surface area contributed by atoms with E-state index in [2.05, 4.69) is 36.8 Å². The monoisotopic (exact) mass is 478 g/mol. The van der Waals surface area contributed by atoms with Crippen LogP contribution in [0.25, 0.3) is 0 Å². The van der Waals surface area contributed by atoms with Crippen LogP contribution in [-0.4, -0.2) is 28.3 Å². The lowest BCUT2D eigenvalue weighted by Crippen LogP contribution is -2.24. The highest BCUT2D eigenvalue weighted by Gasteiger charge is 2.16. The van der Waals surface area contributed by atoms with Crippen molar-refractivity contribution < 1.29 is 14.4 Å². The van der Waals surface area contributed by atoms with Gasteiger partial charge in [0.15, 0.2) is 0 Å². The fourth-order valence-electron chi connectivity index (χ4n) is 2.75. The lowest BCUT2D eigenvalue weighted by molar-refractivity contribution is 0.0955. The highest BCUT2D eigenvalue weighted by molar-refractivity contribution is 9.10. The molecular formula is C23H19BrN4O3. The van der Waals surface area contributed by atoms with Crippen LogP contribution in [0.1, 0.15) is 43.6 Å². The summed E-state index contributed by atoms with van der Waals surface area (Å²) in [5.41, 5.74) is 4.80. The summed E-state index contributed by atoms with van der Waals surface area (Å²) in [5, 5.41) is 6.65. The van der Waals surface area contributed by atoms with Gasteiger partial charge in [0.25, 0.3) is 11.8 Å². The summed E-state index contributed by atoms with van der Waals surface area (Å²) < 4.78 is 0.647. The number of hydrazone groups is 1. The zero-order valence-corrected chi connectivity index (χ0v) is 18.4. The maximum Gasteiger partial charge on any atom is 0.273 e. The molecule has 0 saturated carbocycles. The number of hydrogen-bond donors (Lipinski definition) is 2. The van der Waals surface area contributed by atoms with Gasteiger partial charge in [-0.1, -0.05) is 39.7 Å². The maximum atomic E-state index is 12.7. The molecule has 0 saturated heterocycles. The van der Waals surface area contributed by atoms with Crippen molar-refractivity contribution in [3.8, 4) is 0 Å². The van der Waals surface area contributed by atoms with E-state index in [1.54, 1.807) is 54.7 Å². The Kier molecular flexibility index (Phi) is 7.04. The third kappa shape index (κ3) is 5.70. The molecule has 0 atom stereocenters. The molecule has 8 heteroatoms. The highest BCUT2D eigenvalue weighted by atomic mass is 79.9. The molecule has 0 bridgehead atoms. The predicted molar refractivity (Wildman–Crippen MR) is 122 cm³/mol. The first-order valence-electron chi connectivity index (χ1n) is 9.32. The Balaban J connectivity index is 1.78. The van der Waals surface area contributed by atoms with E-state index in [0.29, 0.717) is 21.3 Å². The van der Waals surface area contributed by atoms with Crippen LogP contribution in [0.4, 0.5) is 5.69 Å². The average Bonchev–Trinajstić information content (AvgIpc) is 2.78. The fourth-order valence-corrected chi connectivity index (χ4v) is 3.11. The van der Waals surface area contributed by atoms with Crippen molar-refractivity contribution in [2.24, 2.45) is 5.10 Å². The molecule has 2 N–H and O–H groups in total. The minimum absolute atomic E-state index is 0.134. The zero-order chi connectivity index (χ0) is 22.4. The number of Topliss-reactive ketones (excluding diaryl/α,β-unsaturated/α-hetero) is 1. The molecule has 0 spiro atoms. The number of anilines is 1. The third-order valence-corrected chi connectivity index (χ3v) is 4.83. The number of pyridine rings is 1. The smallest absolute Gasteiger partial charge is 0.273 e. The number of nitrogens with one attached hydrogen (secondary N) is 2. The van der Waals surface area contributed by atoms with Gasteiger partial charge in [-0.05, 0) is 50.2 Å². The molecule has 0 aliphatic heterocycles. The van der Waals surface area contributed by atoms with Gasteiger partial charge in [-0.2, -0.15) is 5.10 Å². The van der Waals surface area contributed by atoms with E-state index in [4.69, 9.17) is 0 Å². The zero-order valence-electron chi connectivity index (χ0n) is 16.8. The summed E-state index contributed by atoms with van der Waals surface area (Å²) >= 11 is 3.32. The number of nitrogens with zero attached hydrogens (tertiary/aromatic N) is 2. The van der Waals surface area contributed by atoms with E-state index in [1.807, 2.05) is 13.0 Å². The number of halogens is 1. The summed E-state index contributed by atoms with van der Waals surface area (Å²) in [7, 11) is 0. The Bertz CT molecular complexity index is 1180. The molecule has 7 nitrogen and oxygen atoms in total. The Hall–Kier alpha value is -3.65. The maximum absolute atomic E-state index is 12.7. The summed E-state index contributed by atoms with van der Waals surface area (Å²) in [6.45, 7) is 3.41.